The van der Waals surface area contributed by atoms with Crippen LogP contribution in [0.1, 0.15) is 34.5 Å². The van der Waals surface area contributed by atoms with Crippen LogP contribution in [0.2, 0.25) is 0 Å². The maximum Gasteiger partial charge on any atom is 0.269 e. The van der Waals surface area contributed by atoms with Crippen molar-refractivity contribution in [1.29, 1.82) is 0 Å². The molecule has 0 aliphatic carbocycles. The fourth-order valence-corrected chi connectivity index (χ4v) is 3.85. The zero-order chi connectivity index (χ0) is 23.7. The van der Waals surface area contributed by atoms with E-state index in [-0.39, 0.29) is 17.6 Å². The molecule has 0 spiro atoms. The molecule has 0 saturated carbocycles. The topological polar surface area (TPSA) is 84.2 Å². The summed E-state index contributed by atoms with van der Waals surface area (Å²) in [5.41, 5.74) is 0.219. The fourth-order valence-electron chi connectivity index (χ4n) is 3.52. The SMILES string of the molecule is CC(NC(=O)c1c(O)c2cc(Br)cnc2n(Cc2ccc(F)cc2)c1=O)c1ccc(F)cc1. The van der Waals surface area contributed by atoms with Gasteiger partial charge in [0.25, 0.3) is 11.5 Å². The summed E-state index contributed by atoms with van der Waals surface area (Å²) in [6.45, 7) is 1.69. The summed E-state index contributed by atoms with van der Waals surface area (Å²) in [7, 11) is 0. The van der Waals surface area contributed by atoms with Gasteiger partial charge in [0, 0.05) is 10.7 Å². The maximum atomic E-state index is 13.3. The average molecular weight is 514 g/mol. The first-order valence-electron chi connectivity index (χ1n) is 9.96. The monoisotopic (exact) mass is 513 g/mol. The minimum absolute atomic E-state index is 0.0122. The molecule has 0 saturated heterocycles. The van der Waals surface area contributed by atoms with E-state index in [4.69, 9.17) is 0 Å². The van der Waals surface area contributed by atoms with E-state index in [1.807, 2.05) is 0 Å². The molecule has 1 atom stereocenters. The van der Waals surface area contributed by atoms with Crippen LogP contribution in [0, 0.1) is 11.6 Å². The Hall–Kier alpha value is -3.59. The van der Waals surface area contributed by atoms with Crippen molar-refractivity contribution in [1.82, 2.24) is 14.9 Å². The van der Waals surface area contributed by atoms with Crippen LogP contribution in [0.5, 0.6) is 5.75 Å². The highest BCUT2D eigenvalue weighted by Crippen LogP contribution is 2.28. The van der Waals surface area contributed by atoms with Gasteiger partial charge in [-0.3, -0.25) is 14.2 Å². The van der Waals surface area contributed by atoms with E-state index in [0.29, 0.717) is 15.6 Å². The number of carbonyl (C=O) groups is 1. The maximum absolute atomic E-state index is 13.3. The molecule has 1 unspecified atom stereocenters. The number of aromatic hydroxyl groups is 1. The lowest BCUT2D eigenvalue weighted by Gasteiger charge is -2.17. The number of carbonyl (C=O) groups excluding carboxylic acids is 1. The van der Waals surface area contributed by atoms with Crippen LogP contribution >= 0.6 is 15.9 Å². The Morgan fingerprint density at radius 3 is 2.36 bits per heavy atom. The van der Waals surface area contributed by atoms with Crippen LogP contribution < -0.4 is 10.9 Å². The number of halogens is 3. The van der Waals surface area contributed by atoms with Gasteiger partial charge >= 0.3 is 0 Å². The van der Waals surface area contributed by atoms with Crippen molar-refractivity contribution < 1.29 is 18.7 Å². The van der Waals surface area contributed by atoms with Gasteiger partial charge in [-0.1, -0.05) is 24.3 Å². The lowest BCUT2D eigenvalue weighted by Crippen LogP contribution is -2.35. The van der Waals surface area contributed by atoms with Gasteiger partial charge < -0.3 is 10.4 Å². The number of amides is 1. The molecule has 0 fully saturated rings. The van der Waals surface area contributed by atoms with Crippen LogP contribution in [-0.2, 0) is 6.54 Å². The largest absolute Gasteiger partial charge is 0.506 e. The van der Waals surface area contributed by atoms with Crippen LogP contribution in [0.25, 0.3) is 11.0 Å². The molecule has 2 heterocycles. The summed E-state index contributed by atoms with van der Waals surface area (Å²) in [5, 5.41) is 13.7. The first kappa shape index (κ1) is 22.6. The Morgan fingerprint density at radius 2 is 1.73 bits per heavy atom. The average Bonchev–Trinajstić information content (AvgIpc) is 2.78. The zero-order valence-corrected chi connectivity index (χ0v) is 18.9. The number of nitrogens with one attached hydrogen (secondary N) is 1. The molecule has 2 aromatic carbocycles. The summed E-state index contributed by atoms with van der Waals surface area (Å²) >= 11 is 3.29. The third-order valence-corrected chi connectivity index (χ3v) is 5.67. The van der Waals surface area contributed by atoms with Crippen molar-refractivity contribution in [2.75, 3.05) is 0 Å². The van der Waals surface area contributed by atoms with Gasteiger partial charge in [-0.2, -0.15) is 0 Å². The van der Waals surface area contributed by atoms with Gasteiger partial charge in [0.05, 0.1) is 18.0 Å². The van der Waals surface area contributed by atoms with Gasteiger partial charge in [0.1, 0.15) is 28.6 Å². The van der Waals surface area contributed by atoms with E-state index < -0.39 is 40.5 Å². The van der Waals surface area contributed by atoms with Crippen molar-refractivity contribution in [3.05, 3.63) is 104 Å². The molecule has 6 nitrogen and oxygen atoms in total. The van der Waals surface area contributed by atoms with Gasteiger partial charge in [0.2, 0.25) is 0 Å². The van der Waals surface area contributed by atoms with Crippen molar-refractivity contribution in [2.24, 2.45) is 0 Å². The molecule has 4 aromatic rings. The molecule has 1 amide bonds. The van der Waals surface area contributed by atoms with Gasteiger partial charge in [0.15, 0.2) is 0 Å². The van der Waals surface area contributed by atoms with Crippen LogP contribution in [0.4, 0.5) is 8.78 Å². The highest BCUT2D eigenvalue weighted by atomic mass is 79.9. The third kappa shape index (κ3) is 4.63. The Balaban J connectivity index is 1.80. The summed E-state index contributed by atoms with van der Waals surface area (Å²) in [6.07, 6.45) is 1.47. The number of aromatic nitrogens is 2. The molecule has 0 bridgehead atoms. The van der Waals surface area contributed by atoms with Gasteiger partial charge in [-0.25, -0.2) is 13.8 Å². The summed E-state index contributed by atoms with van der Waals surface area (Å²) in [5.74, 6) is -2.11. The van der Waals surface area contributed by atoms with E-state index in [1.165, 1.54) is 59.3 Å². The molecular formula is C24H18BrF2N3O3. The molecule has 9 heteroatoms. The molecule has 168 valence electrons. The van der Waals surface area contributed by atoms with Crippen molar-refractivity contribution >= 4 is 32.9 Å². The Morgan fingerprint density at radius 1 is 1.12 bits per heavy atom. The predicted molar refractivity (Wildman–Crippen MR) is 123 cm³/mol. The molecule has 2 N–H and O–H groups in total. The lowest BCUT2D eigenvalue weighted by molar-refractivity contribution is 0.0935. The number of nitrogens with zero attached hydrogens (tertiary/aromatic N) is 2. The van der Waals surface area contributed by atoms with E-state index in [9.17, 15) is 23.5 Å². The number of rotatable bonds is 5. The molecular weight excluding hydrogens is 496 g/mol. The smallest absolute Gasteiger partial charge is 0.269 e. The minimum Gasteiger partial charge on any atom is -0.506 e. The fraction of sp³-hybridized carbons (Fsp3) is 0.125. The quantitative estimate of drug-likeness (QED) is 0.405. The Kier molecular flexibility index (Phi) is 6.24. The van der Waals surface area contributed by atoms with Crippen molar-refractivity contribution in [3.8, 4) is 5.75 Å². The number of hydrogen-bond donors (Lipinski definition) is 2. The number of hydrogen-bond acceptors (Lipinski definition) is 4. The second kappa shape index (κ2) is 9.11. The highest BCUT2D eigenvalue weighted by Gasteiger charge is 2.24. The van der Waals surface area contributed by atoms with Crippen LogP contribution in [-0.4, -0.2) is 20.6 Å². The van der Waals surface area contributed by atoms with E-state index in [0.717, 1.165) is 0 Å². The van der Waals surface area contributed by atoms with Crippen LogP contribution in [0.3, 0.4) is 0 Å². The van der Waals surface area contributed by atoms with Gasteiger partial charge in [-0.15, -0.1) is 0 Å². The molecule has 0 aliphatic rings. The van der Waals surface area contributed by atoms with E-state index >= 15 is 0 Å². The number of pyridine rings is 2. The minimum atomic E-state index is -0.788. The summed E-state index contributed by atoms with van der Waals surface area (Å²) in [4.78, 5) is 30.7. The summed E-state index contributed by atoms with van der Waals surface area (Å²) < 4.78 is 28.3. The Bertz CT molecular complexity index is 1400. The van der Waals surface area contributed by atoms with Gasteiger partial charge in [-0.05, 0) is 64.3 Å². The molecule has 33 heavy (non-hydrogen) atoms. The second-order valence-corrected chi connectivity index (χ2v) is 8.43. The normalized spacial score (nSPS) is 12.0. The first-order chi connectivity index (χ1) is 15.7. The summed E-state index contributed by atoms with van der Waals surface area (Å²) in [6, 6.07) is 12.2. The predicted octanol–water partition coefficient (Wildman–Crippen LogP) is 4.68. The number of fused-ring (bicyclic) bond motifs is 1. The van der Waals surface area contributed by atoms with Crippen LogP contribution in [0.15, 0.2) is 70.1 Å². The third-order valence-electron chi connectivity index (χ3n) is 5.24. The second-order valence-electron chi connectivity index (χ2n) is 7.51. The molecule has 0 radical (unpaired) electrons. The molecule has 2 aromatic heterocycles. The lowest BCUT2D eigenvalue weighted by atomic mass is 10.1. The number of benzene rings is 2. The zero-order valence-electron chi connectivity index (χ0n) is 17.3. The highest BCUT2D eigenvalue weighted by molar-refractivity contribution is 9.10. The standard InChI is InChI=1S/C24H18BrF2N3O3/c1-13(15-4-8-18(27)9-5-15)29-23(32)20-21(31)19-10-16(25)11-28-22(19)30(24(20)33)12-14-2-6-17(26)7-3-14/h2-11,13,31H,12H2,1H3,(H,29,32). The van der Waals surface area contributed by atoms with Crippen molar-refractivity contribution in [2.45, 2.75) is 19.5 Å². The molecule has 0 aliphatic heterocycles. The Labute approximate surface area is 195 Å². The molecule has 4 rings (SSSR count). The first-order valence-corrected chi connectivity index (χ1v) is 10.8. The van der Waals surface area contributed by atoms with E-state index in [2.05, 4.69) is 26.2 Å². The van der Waals surface area contributed by atoms with E-state index in [1.54, 1.807) is 13.0 Å². The van der Waals surface area contributed by atoms with Crippen molar-refractivity contribution in [3.63, 3.8) is 0 Å².